The van der Waals surface area contributed by atoms with Gasteiger partial charge in [0.2, 0.25) is 0 Å². The number of benzene rings is 2. The highest BCUT2D eigenvalue weighted by molar-refractivity contribution is 5.86. The third kappa shape index (κ3) is 7.87. The molecule has 0 amide bonds. The highest BCUT2D eigenvalue weighted by atomic mass is 16.5. The molecule has 0 atom stereocenters. The Balaban J connectivity index is 1.21. The summed E-state index contributed by atoms with van der Waals surface area (Å²) in [5.74, 6) is 5.31. The van der Waals surface area contributed by atoms with Gasteiger partial charge in [-0.3, -0.25) is 9.80 Å². The molecule has 1 N–H and O–H groups in total. The van der Waals surface area contributed by atoms with Crippen molar-refractivity contribution >= 4 is 5.97 Å². The number of likely N-dealkylation sites (N-methyl/N-ethyl adjacent to an activating group) is 1. The number of piperazine rings is 1. The second kappa shape index (κ2) is 13.5. The predicted molar refractivity (Wildman–Crippen MR) is 152 cm³/mol. The Morgan fingerprint density at radius 3 is 2.20 bits per heavy atom. The maximum absolute atomic E-state index is 11.7. The fraction of sp³-hybridized carbons (Fsp3) is 0.387. The predicted octanol–water partition coefficient (Wildman–Crippen LogP) is 2.70. The number of aromatic carboxylic acids is 1. The minimum Gasteiger partial charge on any atom is -0.477 e. The Kier molecular flexibility index (Phi) is 9.37. The first kappa shape index (κ1) is 27.7. The van der Waals surface area contributed by atoms with Crippen LogP contribution in [0.3, 0.4) is 0 Å². The second-order valence-electron chi connectivity index (χ2n) is 10.1. The van der Waals surface area contributed by atoms with Crippen LogP contribution in [0, 0.1) is 11.8 Å². The van der Waals surface area contributed by atoms with E-state index in [1.54, 1.807) is 0 Å². The van der Waals surface area contributed by atoms with Crippen LogP contribution in [0.25, 0.3) is 11.3 Å². The standard InChI is InChI=1S/C31H35N5O4/c1-34-12-14-35(15-13-34)18-21-40-31-32-28(22-29(33-31)30(37)38)27-10-8-25(9-11-27)3-2-24-4-6-26(7-5-24)23-36-16-19-39-20-17-36/h4-11,22H,12-21,23H2,1H3,(H,37,38). The number of carboxylic acids is 1. The Hall–Kier alpha value is -3.81. The minimum atomic E-state index is -1.12. The van der Waals surface area contributed by atoms with Crippen LogP contribution in [-0.2, 0) is 11.3 Å². The zero-order valence-electron chi connectivity index (χ0n) is 22.9. The number of rotatable bonds is 8. The zero-order chi connectivity index (χ0) is 27.7. The van der Waals surface area contributed by atoms with Crippen molar-refractivity contribution in [2.24, 2.45) is 0 Å². The van der Waals surface area contributed by atoms with Crippen molar-refractivity contribution in [2.45, 2.75) is 6.54 Å². The Morgan fingerprint density at radius 1 is 0.900 bits per heavy atom. The molecule has 2 saturated heterocycles. The second-order valence-corrected chi connectivity index (χ2v) is 10.1. The summed E-state index contributed by atoms with van der Waals surface area (Å²) in [4.78, 5) is 27.3. The number of carboxylic acid groups (broad SMARTS) is 1. The lowest BCUT2D eigenvalue weighted by Crippen LogP contribution is -2.45. The summed E-state index contributed by atoms with van der Waals surface area (Å²) >= 11 is 0. The first-order valence-electron chi connectivity index (χ1n) is 13.7. The van der Waals surface area contributed by atoms with Gasteiger partial charge in [0.1, 0.15) is 6.61 Å². The number of ether oxygens (including phenoxy) is 2. The molecule has 2 aromatic carbocycles. The van der Waals surface area contributed by atoms with E-state index >= 15 is 0 Å². The Labute approximate surface area is 235 Å². The summed E-state index contributed by atoms with van der Waals surface area (Å²) in [6.45, 7) is 9.61. The number of aromatic nitrogens is 2. The van der Waals surface area contributed by atoms with Crippen LogP contribution in [0.4, 0.5) is 0 Å². The molecule has 0 saturated carbocycles. The Bertz CT molecular complexity index is 1340. The molecule has 0 radical (unpaired) electrons. The third-order valence-corrected chi connectivity index (χ3v) is 7.15. The smallest absolute Gasteiger partial charge is 0.354 e. The van der Waals surface area contributed by atoms with E-state index in [0.29, 0.717) is 12.3 Å². The monoisotopic (exact) mass is 541 g/mol. The van der Waals surface area contributed by atoms with Gasteiger partial charge in [-0.2, -0.15) is 9.97 Å². The topological polar surface area (TPSA) is 91.3 Å². The number of morpholine rings is 1. The zero-order valence-corrected chi connectivity index (χ0v) is 22.9. The molecule has 208 valence electrons. The molecule has 5 rings (SSSR count). The van der Waals surface area contributed by atoms with Gasteiger partial charge < -0.3 is 19.5 Å². The van der Waals surface area contributed by atoms with Crippen LogP contribution in [0.15, 0.2) is 54.6 Å². The fourth-order valence-corrected chi connectivity index (χ4v) is 4.66. The van der Waals surface area contributed by atoms with Crippen LogP contribution >= 0.6 is 0 Å². The molecule has 0 bridgehead atoms. The summed E-state index contributed by atoms with van der Waals surface area (Å²) < 4.78 is 11.2. The van der Waals surface area contributed by atoms with Crippen molar-refractivity contribution in [3.8, 4) is 29.1 Å². The van der Waals surface area contributed by atoms with Crippen molar-refractivity contribution in [1.82, 2.24) is 24.7 Å². The lowest BCUT2D eigenvalue weighted by molar-refractivity contribution is 0.0342. The van der Waals surface area contributed by atoms with Gasteiger partial charge in [0, 0.05) is 69.0 Å². The van der Waals surface area contributed by atoms with Crippen LogP contribution in [-0.4, -0.2) is 108 Å². The van der Waals surface area contributed by atoms with Gasteiger partial charge >= 0.3 is 12.0 Å². The van der Waals surface area contributed by atoms with Crippen molar-refractivity contribution in [3.05, 3.63) is 77.0 Å². The summed E-state index contributed by atoms with van der Waals surface area (Å²) in [5, 5.41) is 9.57. The maximum atomic E-state index is 11.7. The molecule has 9 heteroatoms. The van der Waals surface area contributed by atoms with Crippen molar-refractivity contribution < 1.29 is 19.4 Å². The molecule has 3 heterocycles. The lowest BCUT2D eigenvalue weighted by Gasteiger charge is -2.32. The van der Waals surface area contributed by atoms with Crippen molar-refractivity contribution in [1.29, 1.82) is 0 Å². The van der Waals surface area contributed by atoms with Crippen LogP contribution < -0.4 is 4.74 Å². The third-order valence-electron chi connectivity index (χ3n) is 7.15. The highest BCUT2D eigenvalue weighted by Crippen LogP contribution is 2.21. The molecule has 3 aromatic rings. The molecule has 2 fully saturated rings. The molecule has 0 spiro atoms. The normalized spacial score (nSPS) is 16.7. The van der Waals surface area contributed by atoms with Crippen LogP contribution in [0.5, 0.6) is 6.01 Å². The molecule has 40 heavy (non-hydrogen) atoms. The van der Waals surface area contributed by atoms with E-state index in [4.69, 9.17) is 9.47 Å². The van der Waals surface area contributed by atoms with Gasteiger partial charge in [-0.15, -0.1) is 0 Å². The SMILES string of the molecule is CN1CCN(CCOc2nc(C(=O)O)cc(-c3ccc(C#Cc4ccc(CN5CCOCC5)cc4)cc3)n2)CC1. The molecule has 9 nitrogen and oxygen atoms in total. The average molecular weight is 542 g/mol. The molecule has 1 aromatic heterocycles. The van der Waals surface area contributed by atoms with E-state index in [1.165, 1.54) is 11.6 Å². The summed E-state index contributed by atoms with van der Waals surface area (Å²) in [6.07, 6.45) is 0. The van der Waals surface area contributed by atoms with E-state index in [-0.39, 0.29) is 11.7 Å². The minimum absolute atomic E-state index is 0.0740. The van der Waals surface area contributed by atoms with Crippen LogP contribution in [0.2, 0.25) is 0 Å². The van der Waals surface area contributed by atoms with Gasteiger partial charge in [0.15, 0.2) is 5.69 Å². The summed E-state index contributed by atoms with van der Waals surface area (Å²) in [7, 11) is 2.12. The summed E-state index contributed by atoms with van der Waals surface area (Å²) in [6, 6.07) is 17.5. The van der Waals surface area contributed by atoms with Crippen LogP contribution in [0.1, 0.15) is 27.2 Å². The molecular formula is C31H35N5O4. The van der Waals surface area contributed by atoms with Crippen molar-refractivity contribution in [3.63, 3.8) is 0 Å². The van der Waals surface area contributed by atoms with E-state index in [1.807, 2.05) is 24.3 Å². The van der Waals surface area contributed by atoms with Gasteiger partial charge in [-0.25, -0.2) is 4.79 Å². The number of hydrogen-bond acceptors (Lipinski definition) is 8. The molecule has 0 aliphatic carbocycles. The van der Waals surface area contributed by atoms with Crippen molar-refractivity contribution in [2.75, 3.05) is 72.7 Å². The quantitative estimate of drug-likeness (QED) is 0.432. The number of hydrogen-bond donors (Lipinski definition) is 1. The van der Waals surface area contributed by atoms with Gasteiger partial charge in [0.05, 0.1) is 18.9 Å². The molecule has 2 aliphatic heterocycles. The number of nitrogens with zero attached hydrogens (tertiary/aromatic N) is 5. The average Bonchev–Trinajstić information content (AvgIpc) is 2.98. The maximum Gasteiger partial charge on any atom is 0.354 e. The summed E-state index contributed by atoms with van der Waals surface area (Å²) in [5.41, 5.74) is 4.25. The highest BCUT2D eigenvalue weighted by Gasteiger charge is 2.16. The van der Waals surface area contributed by atoms with E-state index in [0.717, 1.165) is 82.3 Å². The molecule has 0 unspecified atom stereocenters. The molecule has 2 aliphatic rings. The van der Waals surface area contributed by atoms with E-state index in [2.05, 4.69) is 67.8 Å². The largest absolute Gasteiger partial charge is 0.477 e. The van der Waals surface area contributed by atoms with E-state index in [9.17, 15) is 9.90 Å². The first-order valence-corrected chi connectivity index (χ1v) is 13.7. The van der Waals surface area contributed by atoms with Gasteiger partial charge in [0.25, 0.3) is 0 Å². The first-order chi connectivity index (χ1) is 19.5. The lowest BCUT2D eigenvalue weighted by atomic mass is 10.1. The van der Waals surface area contributed by atoms with Gasteiger partial charge in [-0.05, 0) is 42.9 Å². The van der Waals surface area contributed by atoms with E-state index < -0.39 is 5.97 Å². The van der Waals surface area contributed by atoms with Gasteiger partial charge in [-0.1, -0.05) is 36.1 Å². The number of carbonyl (C=O) groups is 1. The molecular weight excluding hydrogens is 506 g/mol. The fourth-order valence-electron chi connectivity index (χ4n) is 4.66. The Morgan fingerprint density at radius 2 is 1.55 bits per heavy atom.